The molecule has 0 aliphatic rings. The Morgan fingerprint density at radius 3 is 2.57 bits per heavy atom. The Bertz CT molecular complexity index is 1520. The second kappa shape index (κ2) is 6.62. The molecule has 6 nitrogen and oxygen atoms in total. The second-order valence-electron chi connectivity index (χ2n) is 7.63. The summed E-state index contributed by atoms with van der Waals surface area (Å²) in [6, 6.07) is 11.3. The van der Waals surface area contributed by atoms with Crippen LogP contribution in [0.2, 0.25) is 0 Å². The Hall–Kier alpha value is -3.80. The van der Waals surface area contributed by atoms with Gasteiger partial charge in [0.2, 0.25) is 5.91 Å². The molecule has 1 amide bonds. The molecule has 30 heavy (non-hydrogen) atoms. The van der Waals surface area contributed by atoms with Gasteiger partial charge in [0.15, 0.2) is 0 Å². The summed E-state index contributed by atoms with van der Waals surface area (Å²) in [6.07, 6.45) is 1.79. The molecule has 5 aromatic rings. The first-order valence-electron chi connectivity index (χ1n) is 9.74. The number of H-pyrrole nitrogens is 1. The van der Waals surface area contributed by atoms with Gasteiger partial charge in [0.05, 0.1) is 12.0 Å². The summed E-state index contributed by atoms with van der Waals surface area (Å²) in [4.78, 5) is 28.4. The van der Waals surface area contributed by atoms with E-state index in [9.17, 15) is 9.59 Å². The maximum absolute atomic E-state index is 12.7. The predicted octanol–water partition coefficient (Wildman–Crippen LogP) is 5.13. The molecule has 0 unspecified atom stereocenters. The number of aromatic nitrogens is 1. The van der Waals surface area contributed by atoms with E-state index < -0.39 is 5.63 Å². The van der Waals surface area contributed by atoms with Gasteiger partial charge in [0.1, 0.15) is 16.9 Å². The molecule has 0 atom stereocenters. The molecule has 2 N–H and O–H groups in total. The number of rotatable bonds is 3. The van der Waals surface area contributed by atoms with Crippen molar-refractivity contribution in [1.29, 1.82) is 0 Å². The number of furan rings is 1. The van der Waals surface area contributed by atoms with Crippen molar-refractivity contribution in [2.45, 2.75) is 27.2 Å². The molecule has 0 saturated carbocycles. The zero-order valence-corrected chi connectivity index (χ0v) is 16.9. The minimum atomic E-state index is -0.504. The lowest BCUT2D eigenvalue weighted by atomic mass is 10.0. The molecule has 0 radical (unpaired) electrons. The van der Waals surface area contributed by atoms with E-state index in [1.807, 2.05) is 57.3 Å². The van der Waals surface area contributed by atoms with Crippen LogP contribution in [0.1, 0.15) is 22.5 Å². The average molecular weight is 400 g/mol. The molecule has 0 aliphatic heterocycles. The van der Waals surface area contributed by atoms with Gasteiger partial charge in [-0.1, -0.05) is 0 Å². The first-order valence-corrected chi connectivity index (χ1v) is 9.74. The monoisotopic (exact) mass is 400 g/mol. The third kappa shape index (κ3) is 2.88. The van der Waals surface area contributed by atoms with Gasteiger partial charge in [-0.2, -0.15) is 0 Å². The fourth-order valence-electron chi connectivity index (χ4n) is 3.93. The Morgan fingerprint density at radius 2 is 1.73 bits per heavy atom. The van der Waals surface area contributed by atoms with Gasteiger partial charge in [0, 0.05) is 39.6 Å². The van der Waals surface area contributed by atoms with E-state index in [4.69, 9.17) is 8.83 Å². The topological polar surface area (TPSA) is 88.2 Å². The Kier molecular flexibility index (Phi) is 4.03. The van der Waals surface area contributed by atoms with Crippen LogP contribution in [0.4, 0.5) is 5.69 Å². The van der Waals surface area contributed by atoms with Crippen LogP contribution in [0.3, 0.4) is 0 Å². The standard InChI is InChI=1S/C24H20N2O4/c1-12-14(3)29-21-11-22-18(9-17(12)21)13(2)19(24(28)30-22)10-23(27)26-16-4-5-20-15(8-16)6-7-25-20/h4-9,11,25H,10H2,1-3H3,(H,26,27). The van der Waals surface area contributed by atoms with Gasteiger partial charge in [0.25, 0.3) is 0 Å². The van der Waals surface area contributed by atoms with Crippen molar-refractivity contribution in [3.8, 4) is 0 Å². The smallest absolute Gasteiger partial charge is 0.340 e. The molecule has 0 aliphatic carbocycles. The van der Waals surface area contributed by atoms with E-state index in [0.29, 0.717) is 22.4 Å². The van der Waals surface area contributed by atoms with Crippen molar-refractivity contribution in [2.75, 3.05) is 5.32 Å². The lowest BCUT2D eigenvalue weighted by Gasteiger charge is -2.09. The summed E-state index contributed by atoms with van der Waals surface area (Å²) in [6.45, 7) is 5.75. The number of aromatic amines is 1. The number of hydrogen-bond acceptors (Lipinski definition) is 4. The predicted molar refractivity (Wildman–Crippen MR) is 117 cm³/mol. The molecule has 6 heteroatoms. The molecule has 0 spiro atoms. The highest BCUT2D eigenvalue weighted by atomic mass is 16.4. The number of carbonyl (C=O) groups excluding carboxylic acids is 1. The number of carbonyl (C=O) groups is 1. The van der Waals surface area contributed by atoms with E-state index in [2.05, 4.69) is 10.3 Å². The lowest BCUT2D eigenvalue weighted by molar-refractivity contribution is -0.115. The van der Waals surface area contributed by atoms with Crippen LogP contribution < -0.4 is 10.9 Å². The van der Waals surface area contributed by atoms with Crippen molar-refractivity contribution in [3.05, 3.63) is 75.5 Å². The van der Waals surface area contributed by atoms with Crippen LogP contribution in [0.15, 0.2) is 56.2 Å². The highest BCUT2D eigenvalue weighted by Crippen LogP contribution is 2.31. The van der Waals surface area contributed by atoms with Crippen molar-refractivity contribution < 1.29 is 13.6 Å². The minimum Gasteiger partial charge on any atom is -0.461 e. The summed E-state index contributed by atoms with van der Waals surface area (Å²) in [5.74, 6) is 0.565. The van der Waals surface area contributed by atoms with Crippen LogP contribution in [0.5, 0.6) is 0 Å². The van der Waals surface area contributed by atoms with Crippen LogP contribution >= 0.6 is 0 Å². The van der Waals surface area contributed by atoms with Crippen molar-refractivity contribution >= 4 is 44.4 Å². The molecular formula is C24H20N2O4. The number of amides is 1. The second-order valence-corrected chi connectivity index (χ2v) is 7.63. The number of hydrogen-bond donors (Lipinski definition) is 2. The molecule has 2 aromatic carbocycles. The molecule has 3 heterocycles. The van der Waals surface area contributed by atoms with E-state index in [0.717, 1.165) is 38.6 Å². The normalized spacial score (nSPS) is 11.6. The van der Waals surface area contributed by atoms with Crippen LogP contribution in [-0.2, 0) is 11.2 Å². The number of anilines is 1. The van der Waals surface area contributed by atoms with Gasteiger partial charge >= 0.3 is 5.63 Å². The van der Waals surface area contributed by atoms with E-state index >= 15 is 0 Å². The summed E-state index contributed by atoms with van der Waals surface area (Å²) in [7, 11) is 0. The highest BCUT2D eigenvalue weighted by Gasteiger charge is 2.17. The van der Waals surface area contributed by atoms with Crippen LogP contribution in [0, 0.1) is 20.8 Å². The first-order chi connectivity index (χ1) is 14.4. The van der Waals surface area contributed by atoms with Gasteiger partial charge in [-0.25, -0.2) is 4.79 Å². The van der Waals surface area contributed by atoms with Crippen LogP contribution in [0.25, 0.3) is 32.8 Å². The largest absolute Gasteiger partial charge is 0.461 e. The number of aryl methyl sites for hydroxylation is 3. The maximum atomic E-state index is 12.7. The van der Waals surface area contributed by atoms with Crippen molar-refractivity contribution in [3.63, 3.8) is 0 Å². The van der Waals surface area contributed by atoms with Gasteiger partial charge in [-0.15, -0.1) is 0 Å². The maximum Gasteiger partial charge on any atom is 0.340 e. The fraction of sp³-hybridized carbons (Fsp3) is 0.167. The molecule has 0 fully saturated rings. The summed E-state index contributed by atoms with van der Waals surface area (Å²) >= 11 is 0. The summed E-state index contributed by atoms with van der Waals surface area (Å²) in [5, 5.41) is 5.66. The fourth-order valence-corrected chi connectivity index (χ4v) is 3.93. The number of benzene rings is 2. The van der Waals surface area contributed by atoms with E-state index in [1.54, 1.807) is 6.07 Å². The third-order valence-corrected chi connectivity index (χ3v) is 5.76. The molecule has 0 saturated heterocycles. The Labute approximate surface area is 171 Å². The van der Waals surface area contributed by atoms with Gasteiger partial charge < -0.3 is 19.1 Å². The summed E-state index contributed by atoms with van der Waals surface area (Å²) < 4.78 is 11.3. The molecular weight excluding hydrogens is 380 g/mol. The molecule has 3 aromatic heterocycles. The molecule has 150 valence electrons. The molecule has 0 bridgehead atoms. The Balaban J connectivity index is 1.51. The zero-order chi connectivity index (χ0) is 21.0. The van der Waals surface area contributed by atoms with Crippen molar-refractivity contribution in [1.82, 2.24) is 4.98 Å². The minimum absolute atomic E-state index is 0.0588. The van der Waals surface area contributed by atoms with E-state index in [-0.39, 0.29) is 12.3 Å². The van der Waals surface area contributed by atoms with Gasteiger partial charge in [-0.05, 0) is 62.2 Å². The average Bonchev–Trinajstić information content (AvgIpc) is 3.28. The number of fused-ring (bicyclic) bond motifs is 3. The van der Waals surface area contributed by atoms with Crippen molar-refractivity contribution in [2.24, 2.45) is 0 Å². The SMILES string of the molecule is Cc1oc2cc3oc(=O)c(CC(=O)Nc4ccc5[nH]ccc5c4)c(C)c3cc2c1C. The van der Waals surface area contributed by atoms with Crippen LogP contribution in [-0.4, -0.2) is 10.9 Å². The Morgan fingerprint density at radius 1 is 0.967 bits per heavy atom. The zero-order valence-electron chi connectivity index (χ0n) is 16.9. The van der Waals surface area contributed by atoms with Gasteiger partial charge in [-0.3, -0.25) is 4.79 Å². The summed E-state index contributed by atoms with van der Waals surface area (Å²) in [5.41, 5.74) is 4.48. The quantitative estimate of drug-likeness (QED) is 0.411. The first kappa shape index (κ1) is 18.2. The molecule has 5 rings (SSSR count). The number of nitrogens with one attached hydrogen (secondary N) is 2. The lowest BCUT2D eigenvalue weighted by Crippen LogP contribution is -2.20. The third-order valence-electron chi connectivity index (χ3n) is 5.76. The van der Waals surface area contributed by atoms with E-state index in [1.165, 1.54) is 0 Å². The highest BCUT2D eigenvalue weighted by molar-refractivity contribution is 5.98.